The van der Waals surface area contributed by atoms with Crippen LogP contribution in [0.5, 0.6) is 0 Å². The second kappa shape index (κ2) is 9.70. The fourth-order valence-corrected chi connectivity index (χ4v) is 4.65. The van der Waals surface area contributed by atoms with Crippen LogP contribution >= 0.6 is 0 Å². The number of nitrogens with zero attached hydrogens (tertiary/aromatic N) is 5. The van der Waals surface area contributed by atoms with Crippen LogP contribution in [0.25, 0.3) is 10.9 Å². The van der Waals surface area contributed by atoms with E-state index in [2.05, 4.69) is 72.2 Å². The highest BCUT2D eigenvalue weighted by Crippen LogP contribution is 2.29. The van der Waals surface area contributed by atoms with Gasteiger partial charge in [-0.3, -0.25) is 9.69 Å². The third kappa shape index (κ3) is 5.32. The summed E-state index contributed by atoms with van der Waals surface area (Å²) in [7, 11) is 0. The summed E-state index contributed by atoms with van der Waals surface area (Å²) in [6.07, 6.45) is 0.737. The van der Waals surface area contributed by atoms with E-state index in [0.717, 1.165) is 39.8 Å². The summed E-state index contributed by atoms with van der Waals surface area (Å²) in [4.78, 5) is 18.4. The second-order valence-corrected chi connectivity index (χ2v) is 10.2. The Morgan fingerprint density at radius 2 is 1.80 bits per heavy atom. The molecule has 0 bridgehead atoms. The van der Waals surface area contributed by atoms with Crippen molar-refractivity contribution < 1.29 is 4.39 Å². The second-order valence-electron chi connectivity index (χ2n) is 10.2. The molecule has 0 aliphatic heterocycles. The van der Waals surface area contributed by atoms with E-state index in [4.69, 9.17) is 0 Å². The van der Waals surface area contributed by atoms with Gasteiger partial charge in [-0.15, -0.1) is 5.10 Å². The normalized spacial score (nSPS) is 13.0. The molecular formula is C27H33FN6O. The van der Waals surface area contributed by atoms with E-state index in [1.807, 2.05) is 17.7 Å². The summed E-state index contributed by atoms with van der Waals surface area (Å²) in [6, 6.07) is 12.5. The molecule has 0 fully saturated rings. The van der Waals surface area contributed by atoms with Gasteiger partial charge < -0.3 is 4.98 Å². The minimum atomic E-state index is -0.302. The quantitative estimate of drug-likeness (QED) is 0.398. The molecule has 0 saturated heterocycles. The lowest BCUT2D eigenvalue weighted by atomic mass is 10.0. The Labute approximate surface area is 205 Å². The van der Waals surface area contributed by atoms with Gasteiger partial charge in [0.05, 0.1) is 17.1 Å². The Hall–Kier alpha value is -3.39. The van der Waals surface area contributed by atoms with E-state index in [9.17, 15) is 9.18 Å². The number of rotatable bonds is 7. The first-order valence-electron chi connectivity index (χ1n) is 12.0. The molecule has 4 rings (SSSR count). The fourth-order valence-electron chi connectivity index (χ4n) is 4.65. The molecule has 0 saturated carbocycles. The van der Waals surface area contributed by atoms with Crippen LogP contribution in [0.4, 0.5) is 4.39 Å². The molecule has 4 aromatic rings. The predicted octanol–water partition coefficient (Wildman–Crippen LogP) is 5.18. The Morgan fingerprint density at radius 3 is 2.46 bits per heavy atom. The summed E-state index contributed by atoms with van der Waals surface area (Å²) in [6.45, 7) is 13.2. The monoisotopic (exact) mass is 476 g/mol. The zero-order valence-electron chi connectivity index (χ0n) is 21.3. The number of fused-ring (bicyclic) bond motifs is 1. The summed E-state index contributed by atoms with van der Waals surface area (Å²) < 4.78 is 15.4. The Morgan fingerprint density at radius 1 is 1.09 bits per heavy atom. The van der Waals surface area contributed by atoms with Crippen molar-refractivity contribution in [2.45, 2.75) is 72.6 Å². The number of pyridine rings is 1. The van der Waals surface area contributed by atoms with Crippen molar-refractivity contribution in [3.63, 3.8) is 0 Å². The number of aromatic amines is 1. The van der Waals surface area contributed by atoms with Crippen molar-refractivity contribution in [2.75, 3.05) is 0 Å². The standard InChI is InChI=1S/C27H33FN6O/c1-7-23(25-30-31-32-34(25)27(4,5)6)33(15-19-8-10-22(28)11-9-19)16-21-14-20-13-17(2)12-18(3)24(20)29-26(21)35/h8-14,23H,7,15-16H2,1-6H3,(H,29,35)/t23-/m0/s1. The van der Waals surface area contributed by atoms with Crippen LogP contribution in [-0.2, 0) is 18.6 Å². The van der Waals surface area contributed by atoms with E-state index in [-0.39, 0.29) is 23.0 Å². The molecule has 0 spiro atoms. The number of nitrogens with one attached hydrogen (secondary N) is 1. The van der Waals surface area contributed by atoms with Crippen molar-refractivity contribution in [1.29, 1.82) is 0 Å². The Kier molecular flexibility index (Phi) is 6.85. The highest BCUT2D eigenvalue weighted by Gasteiger charge is 2.29. The van der Waals surface area contributed by atoms with Gasteiger partial charge in [-0.1, -0.05) is 30.7 Å². The first-order chi connectivity index (χ1) is 16.6. The maximum atomic E-state index is 13.6. The van der Waals surface area contributed by atoms with Gasteiger partial charge in [0, 0.05) is 18.7 Å². The molecule has 8 heteroatoms. The zero-order valence-corrected chi connectivity index (χ0v) is 21.3. The van der Waals surface area contributed by atoms with E-state index in [1.165, 1.54) is 12.1 Å². The maximum Gasteiger partial charge on any atom is 0.252 e. The molecular weight excluding hydrogens is 443 g/mol. The van der Waals surface area contributed by atoms with Crippen molar-refractivity contribution in [2.24, 2.45) is 0 Å². The number of benzene rings is 2. The minimum Gasteiger partial charge on any atom is -0.321 e. The number of H-pyrrole nitrogens is 1. The van der Waals surface area contributed by atoms with Gasteiger partial charge in [-0.2, -0.15) is 0 Å². The minimum absolute atomic E-state index is 0.112. The molecule has 0 aliphatic rings. The fraction of sp³-hybridized carbons (Fsp3) is 0.407. The van der Waals surface area contributed by atoms with Crippen LogP contribution in [0, 0.1) is 19.7 Å². The van der Waals surface area contributed by atoms with E-state index < -0.39 is 0 Å². The van der Waals surface area contributed by atoms with Crippen LogP contribution in [0.15, 0.2) is 47.3 Å². The number of halogens is 1. The van der Waals surface area contributed by atoms with Crippen molar-refractivity contribution in [3.05, 3.63) is 86.7 Å². The Balaban J connectivity index is 1.79. The molecule has 0 radical (unpaired) electrons. The van der Waals surface area contributed by atoms with Crippen molar-refractivity contribution >= 4 is 10.9 Å². The highest BCUT2D eigenvalue weighted by atomic mass is 19.1. The molecule has 2 aromatic heterocycles. The lowest BCUT2D eigenvalue weighted by Gasteiger charge is -2.32. The van der Waals surface area contributed by atoms with Crippen molar-refractivity contribution in [1.82, 2.24) is 30.1 Å². The van der Waals surface area contributed by atoms with Gasteiger partial charge in [0.1, 0.15) is 5.82 Å². The van der Waals surface area contributed by atoms with Gasteiger partial charge in [-0.25, -0.2) is 9.07 Å². The number of aromatic nitrogens is 5. The van der Waals surface area contributed by atoms with Crippen LogP contribution < -0.4 is 5.56 Å². The molecule has 1 N–H and O–H groups in total. The van der Waals surface area contributed by atoms with E-state index in [1.54, 1.807) is 12.1 Å². The average Bonchev–Trinajstić information content (AvgIpc) is 3.27. The van der Waals surface area contributed by atoms with E-state index >= 15 is 0 Å². The number of aryl methyl sites for hydroxylation is 2. The van der Waals surface area contributed by atoms with Gasteiger partial charge >= 0.3 is 0 Å². The Bertz CT molecular complexity index is 1380. The molecule has 2 aromatic carbocycles. The topological polar surface area (TPSA) is 79.7 Å². The molecule has 184 valence electrons. The molecule has 0 amide bonds. The predicted molar refractivity (Wildman–Crippen MR) is 136 cm³/mol. The van der Waals surface area contributed by atoms with Gasteiger partial charge in [0.25, 0.3) is 5.56 Å². The molecule has 0 unspecified atom stereocenters. The van der Waals surface area contributed by atoms with Crippen LogP contribution in [0.3, 0.4) is 0 Å². The number of hydrogen-bond acceptors (Lipinski definition) is 5. The third-order valence-corrected chi connectivity index (χ3v) is 6.30. The third-order valence-electron chi connectivity index (χ3n) is 6.30. The van der Waals surface area contributed by atoms with Crippen LogP contribution in [-0.4, -0.2) is 30.1 Å². The van der Waals surface area contributed by atoms with Crippen LogP contribution in [0.2, 0.25) is 0 Å². The molecule has 2 heterocycles. The maximum absolute atomic E-state index is 13.6. The van der Waals surface area contributed by atoms with Gasteiger partial charge in [-0.05, 0) is 92.2 Å². The van der Waals surface area contributed by atoms with Gasteiger partial charge in [0.15, 0.2) is 5.82 Å². The summed E-state index contributed by atoms with van der Waals surface area (Å²) in [5.74, 6) is 0.465. The molecule has 7 nitrogen and oxygen atoms in total. The van der Waals surface area contributed by atoms with Crippen LogP contribution in [0.1, 0.15) is 68.2 Å². The first-order valence-corrected chi connectivity index (χ1v) is 12.0. The van der Waals surface area contributed by atoms with Crippen molar-refractivity contribution in [3.8, 4) is 0 Å². The SMILES string of the molecule is CC[C@@H](c1nnnn1C(C)(C)C)N(Cc1ccc(F)cc1)Cc1cc2cc(C)cc(C)c2[nH]c1=O. The number of tetrazole rings is 1. The molecule has 35 heavy (non-hydrogen) atoms. The lowest BCUT2D eigenvalue weighted by molar-refractivity contribution is 0.153. The first kappa shape index (κ1) is 24.7. The smallest absolute Gasteiger partial charge is 0.252 e. The lowest BCUT2D eigenvalue weighted by Crippen LogP contribution is -2.35. The zero-order chi connectivity index (χ0) is 25.3. The summed E-state index contributed by atoms with van der Waals surface area (Å²) in [5, 5.41) is 13.6. The largest absolute Gasteiger partial charge is 0.321 e. The highest BCUT2D eigenvalue weighted by molar-refractivity contribution is 5.82. The van der Waals surface area contributed by atoms with Gasteiger partial charge in [0.2, 0.25) is 0 Å². The summed E-state index contributed by atoms with van der Waals surface area (Å²) in [5.41, 5.74) is 4.25. The number of hydrogen-bond donors (Lipinski definition) is 1. The van der Waals surface area contributed by atoms with E-state index in [0.29, 0.717) is 18.7 Å². The average molecular weight is 477 g/mol. The molecule has 1 atom stereocenters. The summed E-state index contributed by atoms with van der Waals surface area (Å²) >= 11 is 0. The molecule has 0 aliphatic carbocycles.